The van der Waals surface area contributed by atoms with Gasteiger partial charge in [-0.2, -0.15) is 0 Å². The molecule has 0 radical (unpaired) electrons. The van der Waals surface area contributed by atoms with Crippen LogP contribution in [0.1, 0.15) is 30.2 Å². The molecule has 0 aliphatic heterocycles. The first-order valence-corrected chi connectivity index (χ1v) is 6.61. The van der Waals surface area contributed by atoms with E-state index >= 15 is 0 Å². The van der Waals surface area contributed by atoms with Crippen molar-refractivity contribution in [2.45, 2.75) is 33.6 Å². The Morgan fingerprint density at radius 3 is 2.53 bits per heavy atom. The van der Waals surface area contributed by atoms with E-state index in [4.69, 9.17) is 5.73 Å². The highest BCUT2D eigenvalue weighted by atomic mass is 16.1. The Kier molecular flexibility index (Phi) is 3.51. The normalized spacial score (nSPS) is 10.9. The number of anilines is 1. The van der Waals surface area contributed by atoms with Crippen LogP contribution in [0.5, 0.6) is 0 Å². The summed E-state index contributed by atoms with van der Waals surface area (Å²) >= 11 is 0. The Labute approximate surface area is 113 Å². The van der Waals surface area contributed by atoms with Crippen molar-refractivity contribution in [2.75, 3.05) is 5.73 Å². The number of aryl methyl sites for hydroxylation is 2. The second-order valence-corrected chi connectivity index (χ2v) is 5.04. The molecule has 102 valence electrons. The van der Waals surface area contributed by atoms with Gasteiger partial charge in [-0.15, -0.1) is 0 Å². The van der Waals surface area contributed by atoms with Gasteiger partial charge in [0.1, 0.15) is 5.69 Å². The average Bonchev–Trinajstić information content (AvgIpc) is 2.55. The maximum Gasteiger partial charge on any atom is 0.294 e. The van der Waals surface area contributed by atoms with Crippen LogP contribution >= 0.6 is 0 Å². The molecule has 0 spiro atoms. The molecule has 1 aromatic carbocycles. The summed E-state index contributed by atoms with van der Waals surface area (Å²) in [4.78, 5) is 12.3. The molecule has 0 aliphatic carbocycles. The van der Waals surface area contributed by atoms with Gasteiger partial charge in [0.25, 0.3) is 5.56 Å². The third-order valence-electron chi connectivity index (χ3n) is 3.49. The third kappa shape index (κ3) is 2.18. The zero-order valence-electron chi connectivity index (χ0n) is 12.0. The minimum atomic E-state index is -0.127. The highest BCUT2D eigenvalue weighted by molar-refractivity contribution is 5.48. The standard InChI is InChI=1S/C15H21N3O/c1-5-6-13-14(16)15(19)18(17(13)4)12-8-7-10(2)9-11(12)3/h7-9H,5-6,16H2,1-4H3. The largest absolute Gasteiger partial charge is 0.393 e. The monoisotopic (exact) mass is 259 g/mol. The Hall–Kier alpha value is -1.97. The fourth-order valence-electron chi connectivity index (χ4n) is 2.52. The Morgan fingerprint density at radius 1 is 1.26 bits per heavy atom. The number of rotatable bonds is 3. The molecule has 4 nitrogen and oxygen atoms in total. The summed E-state index contributed by atoms with van der Waals surface area (Å²) < 4.78 is 3.54. The topological polar surface area (TPSA) is 53.0 Å². The van der Waals surface area contributed by atoms with Gasteiger partial charge in [0.15, 0.2) is 0 Å². The molecule has 19 heavy (non-hydrogen) atoms. The predicted molar refractivity (Wildman–Crippen MR) is 78.9 cm³/mol. The highest BCUT2D eigenvalue weighted by Gasteiger charge is 2.16. The van der Waals surface area contributed by atoms with Crippen LogP contribution in [-0.2, 0) is 13.5 Å². The van der Waals surface area contributed by atoms with E-state index < -0.39 is 0 Å². The van der Waals surface area contributed by atoms with Crippen molar-refractivity contribution in [3.63, 3.8) is 0 Å². The quantitative estimate of drug-likeness (QED) is 0.919. The Balaban J connectivity index is 2.69. The fraction of sp³-hybridized carbons (Fsp3) is 0.400. The highest BCUT2D eigenvalue weighted by Crippen LogP contribution is 2.18. The molecule has 2 N–H and O–H groups in total. The van der Waals surface area contributed by atoms with Crippen molar-refractivity contribution in [3.05, 3.63) is 45.4 Å². The van der Waals surface area contributed by atoms with E-state index in [1.54, 1.807) is 4.68 Å². The van der Waals surface area contributed by atoms with Crippen molar-refractivity contribution in [2.24, 2.45) is 7.05 Å². The van der Waals surface area contributed by atoms with Gasteiger partial charge in [-0.25, -0.2) is 4.68 Å². The van der Waals surface area contributed by atoms with E-state index in [-0.39, 0.29) is 5.56 Å². The van der Waals surface area contributed by atoms with Gasteiger partial charge >= 0.3 is 0 Å². The van der Waals surface area contributed by atoms with Crippen LogP contribution < -0.4 is 11.3 Å². The summed E-state index contributed by atoms with van der Waals surface area (Å²) in [6, 6.07) is 6.06. The molecule has 1 heterocycles. The van der Waals surface area contributed by atoms with E-state index in [1.807, 2.05) is 37.7 Å². The number of aromatic nitrogens is 2. The van der Waals surface area contributed by atoms with Gasteiger partial charge in [-0.05, 0) is 31.9 Å². The molecule has 2 rings (SSSR count). The van der Waals surface area contributed by atoms with Crippen LogP contribution in [0.25, 0.3) is 5.69 Å². The van der Waals surface area contributed by atoms with Gasteiger partial charge in [-0.1, -0.05) is 31.0 Å². The SMILES string of the molecule is CCCc1c(N)c(=O)n(-c2ccc(C)cc2C)n1C. The van der Waals surface area contributed by atoms with E-state index in [0.717, 1.165) is 29.8 Å². The molecule has 4 heteroatoms. The van der Waals surface area contributed by atoms with E-state index in [1.165, 1.54) is 5.56 Å². The van der Waals surface area contributed by atoms with Gasteiger partial charge in [0.2, 0.25) is 0 Å². The lowest BCUT2D eigenvalue weighted by molar-refractivity contribution is 0.608. The van der Waals surface area contributed by atoms with Crippen molar-refractivity contribution < 1.29 is 0 Å². The second kappa shape index (κ2) is 4.96. The van der Waals surface area contributed by atoms with Crippen LogP contribution in [0.4, 0.5) is 5.69 Å². The lowest BCUT2D eigenvalue weighted by atomic mass is 10.1. The summed E-state index contributed by atoms with van der Waals surface area (Å²) in [7, 11) is 1.89. The Morgan fingerprint density at radius 2 is 1.95 bits per heavy atom. The van der Waals surface area contributed by atoms with Gasteiger partial charge in [-0.3, -0.25) is 9.48 Å². The Bertz CT molecular complexity index is 665. The number of nitrogens with two attached hydrogens (primary N) is 1. The summed E-state index contributed by atoms with van der Waals surface area (Å²) in [5.41, 5.74) is 10.3. The average molecular weight is 259 g/mol. The molecule has 1 aromatic heterocycles. The van der Waals surface area contributed by atoms with Gasteiger partial charge in [0, 0.05) is 7.05 Å². The molecule has 0 saturated heterocycles. The summed E-state index contributed by atoms with van der Waals surface area (Å²) in [5.74, 6) is 0. The minimum absolute atomic E-state index is 0.127. The first-order valence-electron chi connectivity index (χ1n) is 6.61. The molecule has 2 aromatic rings. The first-order chi connectivity index (χ1) is 8.97. The van der Waals surface area contributed by atoms with E-state index in [9.17, 15) is 4.79 Å². The maximum atomic E-state index is 12.3. The number of benzene rings is 1. The number of hydrogen-bond acceptors (Lipinski definition) is 2. The predicted octanol–water partition coefficient (Wildman–Crippen LogP) is 2.33. The molecular weight excluding hydrogens is 238 g/mol. The van der Waals surface area contributed by atoms with Crippen LogP contribution in [0.15, 0.2) is 23.0 Å². The molecular formula is C15H21N3O. The van der Waals surface area contributed by atoms with Crippen LogP contribution in [0.3, 0.4) is 0 Å². The van der Waals surface area contributed by atoms with Gasteiger partial charge < -0.3 is 5.73 Å². The zero-order valence-corrected chi connectivity index (χ0v) is 12.0. The molecule has 0 fully saturated rings. The van der Waals surface area contributed by atoms with E-state index in [0.29, 0.717) is 5.69 Å². The van der Waals surface area contributed by atoms with Crippen molar-refractivity contribution >= 4 is 5.69 Å². The molecule has 0 unspecified atom stereocenters. The molecule has 0 amide bonds. The van der Waals surface area contributed by atoms with Crippen molar-refractivity contribution in [1.29, 1.82) is 0 Å². The molecule has 0 saturated carbocycles. The zero-order chi connectivity index (χ0) is 14.2. The smallest absolute Gasteiger partial charge is 0.294 e. The first kappa shape index (κ1) is 13.5. The fourth-order valence-corrected chi connectivity index (χ4v) is 2.52. The second-order valence-electron chi connectivity index (χ2n) is 5.04. The summed E-state index contributed by atoms with van der Waals surface area (Å²) in [6.07, 6.45) is 1.78. The van der Waals surface area contributed by atoms with Crippen molar-refractivity contribution in [3.8, 4) is 5.69 Å². The number of nitrogen functional groups attached to an aromatic ring is 1. The number of hydrogen-bond donors (Lipinski definition) is 1. The molecule has 0 atom stereocenters. The molecule has 0 aliphatic rings. The van der Waals surface area contributed by atoms with E-state index in [2.05, 4.69) is 13.0 Å². The third-order valence-corrected chi connectivity index (χ3v) is 3.49. The molecule has 0 bridgehead atoms. The van der Waals surface area contributed by atoms with Crippen molar-refractivity contribution in [1.82, 2.24) is 9.36 Å². The van der Waals surface area contributed by atoms with Crippen LogP contribution in [-0.4, -0.2) is 9.36 Å². The lowest BCUT2D eigenvalue weighted by Gasteiger charge is -2.12. The summed E-state index contributed by atoms with van der Waals surface area (Å²) in [6.45, 7) is 6.14. The van der Waals surface area contributed by atoms with Crippen LogP contribution in [0.2, 0.25) is 0 Å². The van der Waals surface area contributed by atoms with Crippen LogP contribution in [0, 0.1) is 13.8 Å². The van der Waals surface area contributed by atoms with Gasteiger partial charge in [0.05, 0.1) is 11.4 Å². The minimum Gasteiger partial charge on any atom is -0.393 e. The lowest BCUT2D eigenvalue weighted by Crippen LogP contribution is -2.21. The summed E-state index contributed by atoms with van der Waals surface area (Å²) in [5, 5.41) is 0. The maximum absolute atomic E-state index is 12.3. The number of nitrogens with zero attached hydrogens (tertiary/aromatic N) is 2.